The van der Waals surface area contributed by atoms with Crippen LogP contribution in [0.4, 0.5) is 0 Å². The normalized spacial score (nSPS) is 20.1. The van der Waals surface area contributed by atoms with Gasteiger partial charge in [-0.05, 0) is 32.1 Å². The molecule has 0 aromatic heterocycles. The number of hydrogen-bond acceptors (Lipinski definition) is 10. The molecule has 0 aliphatic carbocycles. The summed E-state index contributed by atoms with van der Waals surface area (Å²) in [5.41, 5.74) is 0. The number of unbranched alkanes of at least 4 members (excludes halogenated alkanes) is 28. The number of ether oxygens (including phenoxy) is 4. The number of hydrogen-bond donors (Lipinski definition) is 4. The third kappa shape index (κ3) is 30.5. The molecule has 0 amide bonds. The standard InChI is InChI=1S/C48H90O10/c1-3-5-7-9-11-13-15-17-19-20-21-23-24-26-28-30-32-34-36-43(50)55-39-41(40-56-48-47(54)46(53)45(52)42(38-49)58-48)57-44(51)37-35-33-31-29-27-25-22-18-16-14-12-10-8-6-4-2/h10,12,41-42,45-49,52-54H,3-9,11,13-40H2,1-2H3/b12-10+/t41-,42-,45+,46?,47?,48-/m0/s1. The maximum absolute atomic E-state index is 12.8. The summed E-state index contributed by atoms with van der Waals surface area (Å²) < 4.78 is 22.2. The molecule has 4 N–H and O–H groups in total. The monoisotopic (exact) mass is 827 g/mol. The van der Waals surface area contributed by atoms with Crippen LogP contribution in [0.3, 0.4) is 0 Å². The van der Waals surface area contributed by atoms with Gasteiger partial charge >= 0.3 is 11.9 Å². The van der Waals surface area contributed by atoms with E-state index in [9.17, 15) is 30.0 Å². The predicted octanol–water partition coefficient (Wildman–Crippen LogP) is 10.7. The zero-order chi connectivity index (χ0) is 42.3. The van der Waals surface area contributed by atoms with Gasteiger partial charge in [-0.2, -0.15) is 0 Å². The molecule has 0 bridgehead atoms. The van der Waals surface area contributed by atoms with Crippen molar-refractivity contribution >= 4 is 11.9 Å². The van der Waals surface area contributed by atoms with Crippen LogP contribution in [-0.2, 0) is 28.5 Å². The van der Waals surface area contributed by atoms with Gasteiger partial charge in [0.2, 0.25) is 0 Å². The van der Waals surface area contributed by atoms with Gasteiger partial charge in [-0.25, -0.2) is 0 Å². The van der Waals surface area contributed by atoms with Gasteiger partial charge in [-0.3, -0.25) is 9.59 Å². The lowest BCUT2D eigenvalue weighted by molar-refractivity contribution is -0.305. The summed E-state index contributed by atoms with van der Waals surface area (Å²) in [5.74, 6) is -0.796. The number of esters is 2. The summed E-state index contributed by atoms with van der Waals surface area (Å²) in [6, 6.07) is 0. The fourth-order valence-corrected chi connectivity index (χ4v) is 7.52. The second kappa shape index (κ2) is 39.6. The maximum Gasteiger partial charge on any atom is 0.306 e. The van der Waals surface area contributed by atoms with Crippen LogP contribution in [0.2, 0.25) is 0 Å². The van der Waals surface area contributed by atoms with E-state index in [1.54, 1.807) is 0 Å². The van der Waals surface area contributed by atoms with Crippen molar-refractivity contribution in [1.82, 2.24) is 0 Å². The van der Waals surface area contributed by atoms with Crippen LogP contribution >= 0.6 is 0 Å². The van der Waals surface area contributed by atoms with Gasteiger partial charge in [0.25, 0.3) is 0 Å². The Morgan fingerprint density at radius 1 is 0.517 bits per heavy atom. The van der Waals surface area contributed by atoms with E-state index < -0.39 is 49.4 Å². The van der Waals surface area contributed by atoms with E-state index in [0.29, 0.717) is 6.42 Å². The van der Waals surface area contributed by atoms with E-state index in [-0.39, 0.29) is 32.0 Å². The molecule has 1 rings (SSSR count). The lowest BCUT2D eigenvalue weighted by Gasteiger charge is -2.39. The molecule has 0 spiro atoms. The highest BCUT2D eigenvalue weighted by molar-refractivity contribution is 5.70. The predicted molar refractivity (Wildman–Crippen MR) is 233 cm³/mol. The van der Waals surface area contributed by atoms with Crippen molar-refractivity contribution in [2.24, 2.45) is 0 Å². The van der Waals surface area contributed by atoms with E-state index in [0.717, 1.165) is 38.5 Å². The molecule has 0 radical (unpaired) electrons. The summed E-state index contributed by atoms with van der Waals surface area (Å²) in [7, 11) is 0. The van der Waals surface area contributed by atoms with Crippen molar-refractivity contribution in [3.8, 4) is 0 Å². The summed E-state index contributed by atoms with van der Waals surface area (Å²) in [4.78, 5) is 25.4. The number of allylic oxidation sites excluding steroid dienone is 2. The first-order valence-electron chi connectivity index (χ1n) is 24.3. The molecule has 1 saturated heterocycles. The van der Waals surface area contributed by atoms with Crippen LogP contribution in [0, 0.1) is 0 Å². The second-order valence-electron chi connectivity index (χ2n) is 16.9. The molecule has 1 fully saturated rings. The summed E-state index contributed by atoms with van der Waals surface area (Å²) in [6.07, 6.45) is 35.0. The van der Waals surface area contributed by atoms with Crippen LogP contribution in [0.5, 0.6) is 0 Å². The van der Waals surface area contributed by atoms with Gasteiger partial charge in [-0.15, -0.1) is 0 Å². The number of aliphatic hydroxyl groups excluding tert-OH is 4. The molecule has 1 aliphatic heterocycles. The summed E-state index contributed by atoms with van der Waals surface area (Å²) in [5, 5.41) is 40.1. The molecule has 0 aromatic carbocycles. The highest BCUT2D eigenvalue weighted by Gasteiger charge is 2.44. The minimum Gasteiger partial charge on any atom is -0.462 e. The second-order valence-corrected chi connectivity index (χ2v) is 16.9. The van der Waals surface area contributed by atoms with Crippen molar-refractivity contribution in [3.63, 3.8) is 0 Å². The average molecular weight is 827 g/mol. The molecule has 6 atom stereocenters. The van der Waals surface area contributed by atoms with Gasteiger partial charge in [-0.1, -0.05) is 193 Å². The van der Waals surface area contributed by atoms with Crippen molar-refractivity contribution in [2.45, 2.75) is 263 Å². The molecule has 0 aromatic rings. The van der Waals surface area contributed by atoms with E-state index in [1.807, 2.05) is 0 Å². The largest absolute Gasteiger partial charge is 0.462 e. The first-order chi connectivity index (χ1) is 28.3. The molecule has 1 heterocycles. The number of rotatable bonds is 41. The zero-order valence-corrected chi connectivity index (χ0v) is 37.3. The topological polar surface area (TPSA) is 152 Å². The van der Waals surface area contributed by atoms with E-state index in [2.05, 4.69) is 26.0 Å². The smallest absolute Gasteiger partial charge is 0.306 e. The molecule has 10 nitrogen and oxygen atoms in total. The molecule has 0 saturated carbocycles. The summed E-state index contributed by atoms with van der Waals surface area (Å²) in [6.45, 7) is 3.43. The van der Waals surface area contributed by atoms with E-state index in [4.69, 9.17) is 18.9 Å². The van der Waals surface area contributed by atoms with Crippen molar-refractivity contribution in [1.29, 1.82) is 0 Å². The Hall–Kier alpha value is -1.56. The number of carbonyl (C=O) groups excluding carboxylic acids is 2. The summed E-state index contributed by atoms with van der Waals surface area (Å²) >= 11 is 0. The van der Waals surface area contributed by atoms with Crippen molar-refractivity contribution in [2.75, 3.05) is 19.8 Å². The molecule has 58 heavy (non-hydrogen) atoms. The number of carbonyl (C=O) groups is 2. The Morgan fingerprint density at radius 3 is 1.40 bits per heavy atom. The van der Waals surface area contributed by atoms with E-state index in [1.165, 1.54) is 154 Å². The van der Waals surface area contributed by atoms with Gasteiger partial charge < -0.3 is 39.4 Å². The minimum atomic E-state index is -1.59. The fourth-order valence-electron chi connectivity index (χ4n) is 7.52. The van der Waals surface area contributed by atoms with Crippen LogP contribution < -0.4 is 0 Å². The quantitative estimate of drug-likeness (QED) is 0.0266. The van der Waals surface area contributed by atoms with Gasteiger partial charge in [0.15, 0.2) is 12.4 Å². The molecule has 1 aliphatic rings. The first-order valence-corrected chi connectivity index (χ1v) is 24.3. The van der Waals surface area contributed by atoms with Crippen LogP contribution in [0.25, 0.3) is 0 Å². The molecule has 2 unspecified atom stereocenters. The molecule has 10 heteroatoms. The Kier molecular flexibility index (Phi) is 37.2. The molecular weight excluding hydrogens is 737 g/mol. The Labute approximate surface area is 354 Å². The van der Waals surface area contributed by atoms with Crippen LogP contribution in [0.1, 0.15) is 226 Å². The average Bonchev–Trinajstić information content (AvgIpc) is 3.22. The van der Waals surface area contributed by atoms with Gasteiger partial charge in [0.1, 0.15) is 31.0 Å². The lowest BCUT2D eigenvalue weighted by Crippen LogP contribution is -2.59. The SMILES string of the molecule is CCCC/C=C/CCCCCCCCCCCC(=O)O[C@@H](COC(=O)CCCCCCCCCCCCCCCCCCCC)CO[C@H]1O[C@@H](CO)[C@@H](O)C(O)C1O. The van der Waals surface area contributed by atoms with Gasteiger partial charge in [0.05, 0.1) is 13.2 Å². The fraction of sp³-hybridized carbons (Fsp3) is 0.917. The van der Waals surface area contributed by atoms with Crippen LogP contribution in [-0.4, -0.2) is 89.0 Å². The van der Waals surface area contributed by atoms with Gasteiger partial charge in [0, 0.05) is 12.8 Å². The van der Waals surface area contributed by atoms with E-state index >= 15 is 0 Å². The first kappa shape index (κ1) is 54.5. The van der Waals surface area contributed by atoms with Crippen molar-refractivity contribution < 1.29 is 49.0 Å². The van der Waals surface area contributed by atoms with Crippen LogP contribution in [0.15, 0.2) is 12.2 Å². The third-order valence-electron chi connectivity index (χ3n) is 11.4. The Balaban J connectivity index is 2.27. The third-order valence-corrected chi connectivity index (χ3v) is 11.4. The highest BCUT2D eigenvalue weighted by atomic mass is 16.7. The Bertz CT molecular complexity index is 959. The molecule has 342 valence electrons. The highest BCUT2D eigenvalue weighted by Crippen LogP contribution is 2.23. The van der Waals surface area contributed by atoms with Crippen molar-refractivity contribution in [3.05, 3.63) is 12.2 Å². The minimum absolute atomic E-state index is 0.212. The molecular formula is C48H90O10. The Morgan fingerprint density at radius 2 is 0.931 bits per heavy atom. The maximum atomic E-state index is 12.8. The number of aliphatic hydroxyl groups is 4. The lowest BCUT2D eigenvalue weighted by atomic mass is 9.99. The zero-order valence-electron chi connectivity index (χ0n) is 37.3.